The molecule has 4 heteroatoms. The van der Waals surface area contributed by atoms with Gasteiger partial charge in [-0.05, 0) is 25.7 Å². The first-order valence-electron chi connectivity index (χ1n) is 5.78. The molecule has 0 saturated carbocycles. The van der Waals surface area contributed by atoms with Crippen molar-refractivity contribution in [3.05, 3.63) is 11.3 Å². The maximum Gasteiger partial charge on any atom is 0.140 e. The first-order chi connectivity index (χ1) is 7.51. The van der Waals surface area contributed by atoms with Crippen LogP contribution in [0.4, 0.5) is 5.82 Å². The zero-order chi connectivity index (χ0) is 12.3. The summed E-state index contributed by atoms with van der Waals surface area (Å²) in [5.41, 5.74) is 7.32. The fourth-order valence-corrected chi connectivity index (χ4v) is 1.66. The van der Waals surface area contributed by atoms with Crippen LogP contribution in [0.15, 0.2) is 0 Å². The van der Waals surface area contributed by atoms with E-state index in [1.807, 2.05) is 0 Å². The fourth-order valence-electron chi connectivity index (χ4n) is 1.66. The van der Waals surface area contributed by atoms with Crippen molar-refractivity contribution in [2.75, 3.05) is 5.73 Å². The molecule has 1 aromatic rings. The smallest absolute Gasteiger partial charge is 0.140 e. The van der Waals surface area contributed by atoms with Crippen molar-refractivity contribution in [2.24, 2.45) is 5.92 Å². The highest BCUT2D eigenvalue weighted by atomic mass is 15.3. The van der Waals surface area contributed by atoms with Gasteiger partial charge in [0.15, 0.2) is 0 Å². The molecular formula is C12H20N4. The van der Waals surface area contributed by atoms with Crippen LogP contribution in [0.1, 0.15) is 51.4 Å². The molecule has 0 radical (unpaired) electrons. The molecule has 0 aliphatic carbocycles. The zero-order valence-electron chi connectivity index (χ0n) is 10.5. The number of anilines is 1. The number of nitrogens with two attached hydrogens (primary N) is 1. The normalized spacial score (nSPS) is 12.8. The summed E-state index contributed by atoms with van der Waals surface area (Å²) in [6, 6.07) is 2.40. The van der Waals surface area contributed by atoms with Gasteiger partial charge in [0.05, 0.1) is 11.7 Å². The number of hydrogen-bond donors (Lipinski definition) is 1. The molecule has 1 atom stereocenters. The lowest BCUT2D eigenvalue weighted by Crippen LogP contribution is -2.09. The van der Waals surface area contributed by atoms with E-state index in [9.17, 15) is 0 Å². The van der Waals surface area contributed by atoms with Crippen LogP contribution in [0, 0.1) is 17.2 Å². The summed E-state index contributed by atoms with van der Waals surface area (Å²) in [5, 5.41) is 13.6. The Labute approximate surface area is 97.1 Å². The molecule has 0 unspecified atom stereocenters. The summed E-state index contributed by atoms with van der Waals surface area (Å²) >= 11 is 0. The lowest BCUT2D eigenvalue weighted by atomic mass is 10.1. The van der Waals surface area contributed by atoms with E-state index in [0.29, 0.717) is 17.3 Å². The third-order valence-electron chi connectivity index (χ3n) is 2.74. The van der Waals surface area contributed by atoms with E-state index in [4.69, 9.17) is 11.0 Å². The van der Waals surface area contributed by atoms with Gasteiger partial charge in [0.2, 0.25) is 0 Å². The summed E-state index contributed by atoms with van der Waals surface area (Å²) in [6.07, 6.45) is 1.76. The Balaban J connectivity index is 3.16. The monoisotopic (exact) mass is 220 g/mol. The largest absolute Gasteiger partial charge is 0.383 e. The van der Waals surface area contributed by atoms with Gasteiger partial charge in [-0.1, -0.05) is 20.8 Å². The molecule has 0 amide bonds. The van der Waals surface area contributed by atoms with Crippen molar-refractivity contribution >= 4 is 5.82 Å². The molecule has 2 N–H and O–H groups in total. The lowest BCUT2D eigenvalue weighted by molar-refractivity contribution is 0.476. The van der Waals surface area contributed by atoms with Crippen LogP contribution in [0.5, 0.6) is 0 Å². The van der Waals surface area contributed by atoms with Crippen LogP contribution in [0.25, 0.3) is 0 Å². The minimum absolute atomic E-state index is 0.244. The van der Waals surface area contributed by atoms with E-state index in [2.05, 4.69) is 38.9 Å². The maximum atomic E-state index is 9.10. The number of nitriles is 1. The molecular weight excluding hydrogens is 200 g/mol. The molecule has 16 heavy (non-hydrogen) atoms. The second-order valence-electron chi connectivity index (χ2n) is 4.62. The molecule has 0 bridgehead atoms. The van der Waals surface area contributed by atoms with Crippen molar-refractivity contribution in [2.45, 2.75) is 46.6 Å². The van der Waals surface area contributed by atoms with E-state index < -0.39 is 0 Å². The molecule has 0 saturated heterocycles. The standard InChI is InChI=1S/C12H20N4/c1-5-9(4)16-12(14)10(7-13)11(15-16)6-8(2)3/h8-9H,5-6,14H2,1-4H3/t9-/m0/s1. The van der Waals surface area contributed by atoms with Gasteiger partial charge in [0.1, 0.15) is 17.5 Å². The highest BCUT2D eigenvalue weighted by Crippen LogP contribution is 2.23. The minimum Gasteiger partial charge on any atom is -0.383 e. The Morgan fingerprint density at radius 2 is 2.06 bits per heavy atom. The molecule has 0 aromatic carbocycles. The van der Waals surface area contributed by atoms with Crippen LogP contribution in [-0.4, -0.2) is 9.78 Å². The van der Waals surface area contributed by atoms with Gasteiger partial charge in [0, 0.05) is 0 Å². The summed E-state index contributed by atoms with van der Waals surface area (Å²) < 4.78 is 1.77. The van der Waals surface area contributed by atoms with E-state index >= 15 is 0 Å². The molecule has 88 valence electrons. The summed E-state index contributed by atoms with van der Waals surface area (Å²) in [7, 11) is 0. The van der Waals surface area contributed by atoms with E-state index in [0.717, 1.165) is 18.5 Å². The maximum absolute atomic E-state index is 9.10. The van der Waals surface area contributed by atoms with Crippen LogP contribution in [0.2, 0.25) is 0 Å². The van der Waals surface area contributed by atoms with Crippen LogP contribution in [-0.2, 0) is 6.42 Å². The zero-order valence-corrected chi connectivity index (χ0v) is 10.5. The van der Waals surface area contributed by atoms with Gasteiger partial charge in [-0.3, -0.25) is 0 Å². The quantitative estimate of drug-likeness (QED) is 0.847. The third kappa shape index (κ3) is 2.35. The van der Waals surface area contributed by atoms with Gasteiger partial charge in [-0.25, -0.2) is 4.68 Å². The Morgan fingerprint density at radius 1 is 1.44 bits per heavy atom. The van der Waals surface area contributed by atoms with Crippen molar-refractivity contribution in [1.82, 2.24) is 9.78 Å². The fraction of sp³-hybridized carbons (Fsp3) is 0.667. The first-order valence-corrected chi connectivity index (χ1v) is 5.78. The first kappa shape index (κ1) is 12.6. The minimum atomic E-state index is 0.244. The number of hydrogen-bond acceptors (Lipinski definition) is 3. The van der Waals surface area contributed by atoms with Crippen LogP contribution in [0.3, 0.4) is 0 Å². The highest BCUT2D eigenvalue weighted by molar-refractivity contribution is 5.52. The number of aromatic nitrogens is 2. The molecule has 1 aromatic heterocycles. The van der Waals surface area contributed by atoms with Gasteiger partial charge >= 0.3 is 0 Å². The van der Waals surface area contributed by atoms with E-state index in [-0.39, 0.29) is 6.04 Å². The van der Waals surface area contributed by atoms with Crippen molar-refractivity contribution in [3.8, 4) is 6.07 Å². The van der Waals surface area contributed by atoms with Gasteiger partial charge in [-0.2, -0.15) is 10.4 Å². The SMILES string of the molecule is CC[C@H](C)n1nc(CC(C)C)c(C#N)c1N. The Kier molecular flexibility index (Phi) is 3.94. The summed E-state index contributed by atoms with van der Waals surface area (Å²) in [5.74, 6) is 0.985. The molecule has 4 nitrogen and oxygen atoms in total. The molecule has 1 rings (SSSR count). The van der Waals surface area contributed by atoms with E-state index in [1.165, 1.54) is 0 Å². The van der Waals surface area contributed by atoms with E-state index in [1.54, 1.807) is 4.68 Å². The molecule has 0 aliphatic rings. The predicted octanol–water partition coefficient (Wildman–Crippen LogP) is 2.51. The molecule has 0 fully saturated rings. The number of nitrogen functional groups attached to an aromatic ring is 1. The van der Waals surface area contributed by atoms with Crippen LogP contribution < -0.4 is 5.73 Å². The van der Waals surface area contributed by atoms with Gasteiger partial charge in [-0.15, -0.1) is 0 Å². The Bertz CT molecular complexity index is 398. The van der Waals surface area contributed by atoms with Gasteiger partial charge < -0.3 is 5.73 Å². The molecule has 1 heterocycles. The van der Waals surface area contributed by atoms with Gasteiger partial charge in [0.25, 0.3) is 0 Å². The number of nitrogens with zero attached hydrogens (tertiary/aromatic N) is 3. The molecule has 0 spiro atoms. The summed E-state index contributed by atoms with van der Waals surface area (Å²) in [6.45, 7) is 8.36. The second-order valence-corrected chi connectivity index (χ2v) is 4.62. The number of rotatable bonds is 4. The Morgan fingerprint density at radius 3 is 2.50 bits per heavy atom. The van der Waals surface area contributed by atoms with Crippen molar-refractivity contribution < 1.29 is 0 Å². The third-order valence-corrected chi connectivity index (χ3v) is 2.74. The Hall–Kier alpha value is -1.50. The van der Waals surface area contributed by atoms with Crippen molar-refractivity contribution in [3.63, 3.8) is 0 Å². The van der Waals surface area contributed by atoms with Crippen LogP contribution >= 0.6 is 0 Å². The predicted molar refractivity (Wildman–Crippen MR) is 64.9 cm³/mol. The lowest BCUT2D eigenvalue weighted by Gasteiger charge is -2.10. The average molecular weight is 220 g/mol. The molecule has 0 aliphatic heterocycles. The second kappa shape index (κ2) is 5.02. The average Bonchev–Trinajstić information content (AvgIpc) is 2.53. The topological polar surface area (TPSA) is 67.6 Å². The highest BCUT2D eigenvalue weighted by Gasteiger charge is 2.18. The van der Waals surface area contributed by atoms with Crippen molar-refractivity contribution in [1.29, 1.82) is 5.26 Å². The summed E-state index contributed by atoms with van der Waals surface area (Å²) in [4.78, 5) is 0.